The number of likely N-dealkylation sites (N-methyl/N-ethyl adjacent to an activating group) is 1. The van der Waals surface area contributed by atoms with Gasteiger partial charge < -0.3 is 62.6 Å². The summed E-state index contributed by atoms with van der Waals surface area (Å²) in [7, 11) is 2.03. The lowest BCUT2D eigenvalue weighted by Crippen LogP contribution is -2.42. The average Bonchev–Trinajstić information content (AvgIpc) is 1.83. The number of benzene rings is 8. The van der Waals surface area contributed by atoms with Crippen LogP contribution < -0.4 is 42.5 Å². The maximum atomic E-state index is 13.9. The van der Waals surface area contributed by atoms with E-state index in [0.29, 0.717) is 110 Å². The van der Waals surface area contributed by atoms with Crippen molar-refractivity contribution in [2.75, 3.05) is 88.9 Å². The monoisotopic (exact) mass is 1740 g/mol. The van der Waals surface area contributed by atoms with Crippen LogP contribution >= 0.6 is 46.4 Å². The van der Waals surface area contributed by atoms with Gasteiger partial charge in [0.05, 0.1) is 48.9 Å². The van der Waals surface area contributed by atoms with Crippen LogP contribution in [-0.4, -0.2) is 128 Å². The molecule has 0 saturated carbocycles. The van der Waals surface area contributed by atoms with Crippen molar-refractivity contribution in [3.05, 3.63) is 353 Å². The summed E-state index contributed by atoms with van der Waals surface area (Å²) in [5, 5.41) is 49.5. The summed E-state index contributed by atoms with van der Waals surface area (Å²) in [6, 6.07) is 60.0. The number of hydrogen-bond donors (Lipinski definition) is 11. The van der Waals surface area contributed by atoms with E-state index in [1.165, 1.54) is 91.9 Å². The Bertz CT molecular complexity index is 5760. The molecule has 3 aliphatic rings. The van der Waals surface area contributed by atoms with Crippen LogP contribution in [0.25, 0.3) is 0 Å². The molecular weight excluding hydrogens is 1650 g/mol. The lowest BCUT2D eigenvalue weighted by molar-refractivity contribution is 0.101. The van der Waals surface area contributed by atoms with Crippen molar-refractivity contribution < 1.29 is 36.7 Å². The quantitative estimate of drug-likeness (QED) is 0.0152. The topological polar surface area (TPSA) is 310 Å². The summed E-state index contributed by atoms with van der Waals surface area (Å²) in [4.78, 5) is 77.7. The van der Waals surface area contributed by atoms with Crippen LogP contribution in [0, 0.1) is 39.5 Å². The molecule has 0 atom stereocenters. The molecule has 0 bridgehead atoms. The number of halogens is 8. The van der Waals surface area contributed by atoms with Gasteiger partial charge in [-0.3, -0.25) is 35.0 Å². The number of hydrogen-bond acceptors (Lipinski definition) is 17. The second-order valence-electron chi connectivity index (χ2n) is 28.6. The van der Waals surface area contributed by atoms with Crippen molar-refractivity contribution in [2.24, 2.45) is 4.99 Å². The van der Waals surface area contributed by atoms with Crippen LogP contribution in [-0.2, 0) is 26.2 Å². The minimum atomic E-state index is -0.509. The van der Waals surface area contributed by atoms with Gasteiger partial charge in [-0.25, -0.2) is 37.5 Å². The van der Waals surface area contributed by atoms with E-state index in [-0.39, 0.29) is 22.3 Å². The van der Waals surface area contributed by atoms with E-state index in [1.807, 2.05) is 109 Å². The Morgan fingerprint density at radius 1 is 0.358 bits per heavy atom. The second-order valence-corrected chi connectivity index (χ2v) is 30.3. The third kappa shape index (κ3) is 25.7. The van der Waals surface area contributed by atoms with Gasteiger partial charge in [-0.1, -0.05) is 143 Å². The number of amidine groups is 3. The van der Waals surface area contributed by atoms with E-state index < -0.39 is 46.9 Å². The first kappa shape index (κ1) is 88.7. The van der Waals surface area contributed by atoms with Crippen LogP contribution in [0.5, 0.6) is 0 Å². The van der Waals surface area contributed by atoms with Crippen LogP contribution in [0.15, 0.2) is 248 Å². The van der Waals surface area contributed by atoms with Gasteiger partial charge in [-0.05, 0) is 182 Å². The fourth-order valence-electron chi connectivity index (χ4n) is 12.8. The smallest absolute Gasteiger partial charge is 0.259 e. The maximum absolute atomic E-state index is 13.9. The SMILES string of the molecule is CC(=N)c1ccc(CNc2ccc(F)cc2C(=O)Nc2ccc(Cl)cn2)cc1.CN1CCN=C1c1ccc(CNc2ccc(F)cc2C(=O)Nc2ccc(Cl)cn2)cc1.N=C(c1ccc(CNc2ccc(F)cc2C(=O)Nc2ccc(Cl)cn2)cc1)N1CCC1.N=C(c1ccc(CNc2ccc(F)cc2C(=O)Nc2ccc(Cl)cn2)cc1)N1CCCCC1. The Labute approximate surface area is 728 Å². The van der Waals surface area contributed by atoms with E-state index >= 15 is 0 Å². The molecule has 4 amide bonds. The number of carbonyl (C=O) groups is 4. The molecule has 31 heteroatoms. The predicted octanol–water partition coefficient (Wildman–Crippen LogP) is 19.9. The number of likely N-dealkylation sites (tertiary alicyclic amines) is 2. The Kier molecular flexibility index (Phi) is 31.0. The summed E-state index contributed by atoms with van der Waals surface area (Å²) < 4.78 is 55.2. The molecule has 2 fully saturated rings. The molecular formula is C92H85Cl4F4N19O4. The molecule has 8 aromatic carbocycles. The molecule has 2 saturated heterocycles. The lowest BCUT2D eigenvalue weighted by Gasteiger charge is -2.33. The molecule has 0 unspecified atom stereocenters. The van der Waals surface area contributed by atoms with Crippen molar-refractivity contribution in [1.82, 2.24) is 34.6 Å². The number of anilines is 8. The van der Waals surface area contributed by atoms with Gasteiger partial charge >= 0.3 is 0 Å². The van der Waals surface area contributed by atoms with Crippen molar-refractivity contribution in [3.8, 4) is 0 Å². The van der Waals surface area contributed by atoms with Crippen molar-refractivity contribution >= 4 is 139 Å². The second kappa shape index (κ2) is 43.1. The summed E-state index contributed by atoms with van der Waals surface area (Å²) >= 11 is 23.3. The molecule has 7 heterocycles. The zero-order chi connectivity index (χ0) is 86.9. The van der Waals surface area contributed by atoms with Crippen molar-refractivity contribution in [1.29, 1.82) is 16.2 Å². The molecule has 0 radical (unpaired) electrons. The Morgan fingerprint density at radius 2 is 0.642 bits per heavy atom. The third-order valence-electron chi connectivity index (χ3n) is 19.7. The molecule has 0 spiro atoms. The zero-order valence-electron chi connectivity index (χ0n) is 66.7. The van der Waals surface area contributed by atoms with Gasteiger partial charge in [0.25, 0.3) is 23.6 Å². The fourth-order valence-corrected chi connectivity index (χ4v) is 13.3. The molecule has 123 heavy (non-hydrogen) atoms. The number of nitrogens with zero attached hydrogens (tertiary/aromatic N) is 8. The van der Waals surface area contributed by atoms with Gasteiger partial charge in [0.1, 0.15) is 64.0 Å². The molecule has 11 N–H and O–H groups in total. The van der Waals surface area contributed by atoms with Crippen molar-refractivity contribution in [3.63, 3.8) is 0 Å². The molecule has 23 nitrogen and oxygen atoms in total. The lowest BCUT2D eigenvalue weighted by atomic mass is 10.1. The highest BCUT2D eigenvalue weighted by atomic mass is 35.5. The molecule has 3 aliphatic heterocycles. The van der Waals surface area contributed by atoms with Gasteiger partial charge in [-0.15, -0.1) is 0 Å². The average molecular weight is 1740 g/mol. The normalized spacial score (nSPS) is 12.5. The van der Waals surface area contributed by atoms with Gasteiger partial charge in [0.2, 0.25) is 0 Å². The highest BCUT2D eigenvalue weighted by Gasteiger charge is 2.23. The van der Waals surface area contributed by atoms with E-state index in [0.717, 1.165) is 109 Å². The molecule has 4 aromatic heterocycles. The standard InChI is InChI=1S/C25H25ClFN5O.2C23H21ClFN5O.C21H18ClFN4O/c26-19-8-11-23(30-16-19)31-25(33)21-14-20(27)9-10-22(21)29-15-17-4-6-18(7-5-17)24(28)32-12-2-1-3-13-32;1-30-11-10-26-22(30)16-4-2-15(3-5-16)13-27-20-8-7-18(25)12-19(20)23(31)29-21-9-6-17(24)14-28-21;24-17-6-9-21(28-14-17)29-23(31)19-12-18(25)7-8-20(19)27-13-15-2-4-16(5-3-15)22(26)30-10-1-11-30;1-13(24)15-4-2-14(3-5-15)11-25-19-8-7-17(23)10-18(19)21(28)27-20-9-6-16(22)12-26-20/h4-11,14,16,28-29H,1-3,12-13,15H2,(H,30,31,33);2-9,12,14,27H,10-11,13H2,1H3,(H,28,29,31);2-9,12,14,26-27H,1,10-11,13H2,(H,28,29,31);2-10,12,24-25H,11H2,1H3,(H,26,27,28). The maximum Gasteiger partial charge on any atom is 0.259 e. The van der Waals surface area contributed by atoms with Crippen molar-refractivity contribution in [2.45, 2.75) is 58.8 Å². The van der Waals surface area contributed by atoms with Crippen LogP contribution in [0.4, 0.5) is 63.6 Å². The van der Waals surface area contributed by atoms with E-state index in [4.69, 9.17) is 62.6 Å². The zero-order valence-corrected chi connectivity index (χ0v) is 69.8. The number of pyridine rings is 4. The number of aromatic nitrogens is 4. The predicted molar refractivity (Wildman–Crippen MR) is 481 cm³/mol. The number of amides is 4. The van der Waals surface area contributed by atoms with Crippen LogP contribution in [0.1, 0.15) is 119 Å². The number of rotatable bonds is 24. The minimum absolute atomic E-state index is 0.170. The Hall–Kier alpha value is -13.6. The summed E-state index contributed by atoms with van der Waals surface area (Å²) in [6.07, 6.45) is 10.3. The van der Waals surface area contributed by atoms with E-state index in [1.54, 1.807) is 67.6 Å². The first-order valence-corrected chi connectivity index (χ1v) is 40.6. The molecule has 12 aromatic rings. The molecule has 0 aliphatic carbocycles. The van der Waals surface area contributed by atoms with E-state index in [9.17, 15) is 36.7 Å². The fraction of sp³-hybridized carbons (Fsp3) is 0.174. The Balaban J connectivity index is 0.000000150. The number of piperidine rings is 1. The largest absolute Gasteiger partial charge is 0.380 e. The van der Waals surface area contributed by atoms with Gasteiger partial charge in [0, 0.05) is 136 Å². The molecule has 15 rings (SSSR count). The third-order valence-corrected chi connectivity index (χ3v) is 20.6. The summed E-state index contributed by atoms with van der Waals surface area (Å²) in [5.74, 6) is -0.513. The number of aliphatic imine (C=N–C) groups is 1. The minimum Gasteiger partial charge on any atom is -0.380 e. The number of carbonyl (C=O) groups excluding carboxylic acids is 4. The first-order valence-electron chi connectivity index (χ1n) is 39.1. The highest BCUT2D eigenvalue weighted by molar-refractivity contribution is 6.31. The van der Waals surface area contributed by atoms with Gasteiger partial charge in [0.15, 0.2) is 0 Å². The Morgan fingerprint density at radius 3 is 0.894 bits per heavy atom. The highest BCUT2D eigenvalue weighted by Crippen LogP contribution is 2.28. The van der Waals surface area contributed by atoms with Crippen LogP contribution in [0.3, 0.4) is 0 Å². The first-order chi connectivity index (χ1) is 59.4. The summed E-state index contributed by atoms with van der Waals surface area (Å²) in [6.45, 7) is 9.03. The van der Waals surface area contributed by atoms with Gasteiger partial charge in [-0.2, -0.15) is 0 Å². The molecule has 628 valence electrons. The summed E-state index contributed by atoms with van der Waals surface area (Å²) in [5.41, 5.74) is 10.9. The van der Waals surface area contributed by atoms with E-state index in [2.05, 4.69) is 77.3 Å². The van der Waals surface area contributed by atoms with Crippen LogP contribution in [0.2, 0.25) is 20.1 Å². The number of nitrogens with one attached hydrogen (secondary N) is 11.